The Bertz CT molecular complexity index is 625. The molecular weight excluding hydrogens is 274 g/mol. The van der Waals surface area contributed by atoms with Crippen LogP contribution >= 0.6 is 0 Å². The molecule has 2 rings (SSSR count). The van der Waals surface area contributed by atoms with Gasteiger partial charge in [-0.3, -0.25) is 19.7 Å². The van der Waals surface area contributed by atoms with Crippen molar-refractivity contribution in [3.8, 4) is 0 Å². The molecule has 0 aliphatic carbocycles. The number of hydrogen-bond donors (Lipinski definition) is 1. The van der Waals surface area contributed by atoms with Crippen molar-refractivity contribution in [3.05, 3.63) is 39.4 Å². The predicted octanol–water partition coefficient (Wildman–Crippen LogP) is 1.25. The summed E-state index contributed by atoms with van der Waals surface area (Å²) in [6.07, 6.45) is 0. The molecule has 0 atom stereocenters. The number of rotatable bonds is 2. The summed E-state index contributed by atoms with van der Waals surface area (Å²) in [5, 5.41) is 13.7. The van der Waals surface area contributed by atoms with Crippen LogP contribution in [0.4, 0.5) is 5.69 Å². The second-order valence-electron chi connectivity index (χ2n) is 5.53. The van der Waals surface area contributed by atoms with Gasteiger partial charge in [-0.2, -0.15) is 0 Å². The van der Waals surface area contributed by atoms with Crippen LogP contribution < -0.4 is 5.32 Å². The molecule has 112 valence electrons. The average molecular weight is 291 g/mol. The summed E-state index contributed by atoms with van der Waals surface area (Å²) in [7, 11) is 0. The van der Waals surface area contributed by atoms with Crippen molar-refractivity contribution in [1.82, 2.24) is 10.2 Å². The topological polar surface area (TPSA) is 92.6 Å². The quantitative estimate of drug-likeness (QED) is 0.655. The minimum Gasteiger partial charge on any atom is -0.352 e. The van der Waals surface area contributed by atoms with Gasteiger partial charge >= 0.3 is 0 Å². The highest BCUT2D eigenvalue weighted by molar-refractivity contribution is 6.00. The van der Waals surface area contributed by atoms with Gasteiger partial charge in [0.1, 0.15) is 5.54 Å². The molecule has 0 unspecified atom stereocenters. The fraction of sp³-hybridized carbons (Fsp3) is 0.429. The average Bonchev–Trinajstić information content (AvgIpc) is 2.41. The number of amides is 2. The van der Waals surface area contributed by atoms with Crippen LogP contribution in [-0.4, -0.2) is 40.3 Å². The SMILES string of the molecule is Cc1ccc(C(=O)N2CCNC(=O)C2(C)C)cc1[N+](=O)[O-]. The lowest BCUT2D eigenvalue weighted by Gasteiger charge is -2.41. The van der Waals surface area contributed by atoms with Gasteiger partial charge < -0.3 is 10.2 Å². The van der Waals surface area contributed by atoms with Crippen LogP contribution in [0.5, 0.6) is 0 Å². The third-order valence-electron chi connectivity index (χ3n) is 3.75. The van der Waals surface area contributed by atoms with Gasteiger partial charge in [-0.05, 0) is 26.8 Å². The lowest BCUT2D eigenvalue weighted by atomic mass is 9.97. The molecule has 1 aromatic carbocycles. The van der Waals surface area contributed by atoms with E-state index in [1.165, 1.54) is 11.0 Å². The lowest BCUT2D eigenvalue weighted by Crippen LogP contribution is -2.63. The Morgan fingerprint density at radius 2 is 2.10 bits per heavy atom. The van der Waals surface area contributed by atoms with Crippen molar-refractivity contribution in [2.24, 2.45) is 0 Å². The number of nitro benzene ring substituents is 1. The fourth-order valence-corrected chi connectivity index (χ4v) is 2.35. The van der Waals surface area contributed by atoms with Crippen molar-refractivity contribution < 1.29 is 14.5 Å². The number of carbonyl (C=O) groups is 2. The molecule has 1 heterocycles. The zero-order valence-electron chi connectivity index (χ0n) is 12.2. The molecule has 1 aliphatic rings. The van der Waals surface area contributed by atoms with Gasteiger partial charge in [-0.1, -0.05) is 6.07 Å². The zero-order chi connectivity index (χ0) is 15.8. The first-order valence-electron chi connectivity index (χ1n) is 6.60. The van der Waals surface area contributed by atoms with Crippen LogP contribution in [0.1, 0.15) is 29.8 Å². The zero-order valence-corrected chi connectivity index (χ0v) is 12.2. The van der Waals surface area contributed by atoms with E-state index in [0.717, 1.165) is 0 Å². The third kappa shape index (κ3) is 2.58. The highest BCUT2D eigenvalue weighted by Gasteiger charge is 2.40. The normalized spacial score (nSPS) is 17.3. The Labute approximate surface area is 122 Å². The van der Waals surface area contributed by atoms with E-state index in [2.05, 4.69) is 5.32 Å². The Morgan fingerprint density at radius 3 is 2.71 bits per heavy atom. The smallest absolute Gasteiger partial charge is 0.273 e. The highest BCUT2D eigenvalue weighted by atomic mass is 16.6. The second kappa shape index (κ2) is 5.16. The summed E-state index contributed by atoms with van der Waals surface area (Å²) in [6, 6.07) is 4.36. The van der Waals surface area contributed by atoms with Gasteiger partial charge in [0, 0.05) is 30.3 Å². The predicted molar refractivity (Wildman–Crippen MR) is 76.0 cm³/mol. The molecular formula is C14H17N3O4. The Morgan fingerprint density at radius 1 is 1.43 bits per heavy atom. The molecule has 1 N–H and O–H groups in total. The fourth-order valence-electron chi connectivity index (χ4n) is 2.35. The molecule has 1 fully saturated rings. The molecule has 7 nitrogen and oxygen atoms in total. The summed E-state index contributed by atoms with van der Waals surface area (Å²) in [4.78, 5) is 36.3. The molecule has 0 radical (unpaired) electrons. The summed E-state index contributed by atoms with van der Waals surface area (Å²) < 4.78 is 0. The van der Waals surface area contributed by atoms with Crippen LogP contribution in [0.2, 0.25) is 0 Å². The summed E-state index contributed by atoms with van der Waals surface area (Å²) in [6.45, 7) is 5.68. The van der Waals surface area contributed by atoms with E-state index < -0.39 is 10.5 Å². The van der Waals surface area contributed by atoms with Crippen molar-refractivity contribution in [2.75, 3.05) is 13.1 Å². The second-order valence-corrected chi connectivity index (χ2v) is 5.53. The van der Waals surface area contributed by atoms with Crippen LogP contribution in [0.3, 0.4) is 0 Å². The molecule has 0 aromatic heterocycles. The Balaban J connectivity index is 2.38. The van der Waals surface area contributed by atoms with E-state index in [4.69, 9.17) is 0 Å². The Kier molecular flexibility index (Phi) is 3.67. The van der Waals surface area contributed by atoms with Crippen molar-refractivity contribution in [3.63, 3.8) is 0 Å². The first-order valence-corrected chi connectivity index (χ1v) is 6.60. The van der Waals surface area contributed by atoms with Gasteiger partial charge in [0.05, 0.1) is 4.92 Å². The molecule has 0 bridgehead atoms. The summed E-state index contributed by atoms with van der Waals surface area (Å²) in [5.41, 5.74) is -0.364. The first-order chi connectivity index (χ1) is 9.75. The minimum absolute atomic E-state index is 0.0971. The summed E-state index contributed by atoms with van der Waals surface area (Å²) in [5.74, 6) is -0.610. The Hall–Kier alpha value is -2.44. The van der Waals surface area contributed by atoms with Gasteiger partial charge in [0.2, 0.25) is 5.91 Å². The summed E-state index contributed by atoms with van der Waals surface area (Å²) >= 11 is 0. The molecule has 7 heteroatoms. The van der Waals surface area contributed by atoms with Crippen molar-refractivity contribution in [2.45, 2.75) is 26.3 Å². The minimum atomic E-state index is -0.977. The molecule has 0 spiro atoms. The van der Waals surface area contributed by atoms with Gasteiger partial charge in [-0.25, -0.2) is 0 Å². The molecule has 0 saturated carbocycles. The standard InChI is InChI=1S/C14H17N3O4/c1-9-4-5-10(8-11(9)17(20)21)12(18)16-7-6-15-13(19)14(16,2)3/h4-5,8H,6-7H2,1-3H3,(H,15,19). The first kappa shape index (κ1) is 15.0. The maximum atomic E-state index is 12.6. The van der Waals surface area contributed by atoms with E-state index in [-0.39, 0.29) is 23.1 Å². The lowest BCUT2D eigenvalue weighted by molar-refractivity contribution is -0.385. The molecule has 2 amide bonds. The largest absolute Gasteiger partial charge is 0.352 e. The maximum Gasteiger partial charge on any atom is 0.273 e. The number of carbonyl (C=O) groups excluding carboxylic acids is 2. The number of nitrogens with zero attached hydrogens (tertiary/aromatic N) is 2. The molecule has 1 saturated heterocycles. The number of aryl methyl sites for hydroxylation is 1. The van der Waals surface area contributed by atoms with E-state index in [0.29, 0.717) is 18.7 Å². The number of hydrogen-bond acceptors (Lipinski definition) is 4. The van der Waals surface area contributed by atoms with Crippen LogP contribution in [0, 0.1) is 17.0 Å². The maximum absolute atomic E-state index is 12.6. The third-order valence-corrected chi connectivity index (χ3v) is 3.75. The van der Waals surface area contributed by atoms with Crippen LogP contribution in [-0.2, 0) is 4.79 Å². The van der Waals surface area contributed by atoms with Gasteiger partial charge in [0.15, 0.2) is 0 Å². The van der Waals surface area contributed by atoms with Crippen LogP contribution in [0.15, 0.2) is 18.2 Å². The number of nitro groups is 1. The van der Waals surface area contributed by atoms with Crippen molar-refractivity contribution in [1.29, 1.82) is 0 Å². The highest BCUT2D eigenvalue weighted by Crippen LogP contribution is 2.24. The van der Waals surface area contributed by atoms with E-state index >= 15 is 0 Å². The van der Waals surface area contributed by atoms with Gasteiger partial charge in [0.25, 0.3) is 11.6 Å². The molecule has 1 aliphatic heterocycles. The molecule has 21 heavy (non-hydrogen) atoms. The number of piperazine rings is 1. The van der Waals surface area contributed by atoms with E-state index in [1.807, 2.05) is 0 Å². The number of nitrogens with one attached hydrogen (secondary N) is 1. The van der Waals surface area contributed by atoms with Crippen molar-refractivity contribution >= 4 is 17.5 Å². The van der Waals surface area contributed by atoms with E-state index in [9.17, 15) is 19.7 Å². The molecule has 1 aromatic rings. The van der Waals surface area contributed by atoms with E-state index in [1.54, 1.807) is 32.9 Å². The van der Waals surface area contributed by atoms with Gasteiger partial charge in [-0.15, -0.1) is 0 Å². The monoisotopic (exact) mass is 291 g/mol. The number of benzene rings is 1. The van der Waals surface area contributed by atoms with Crippen LogP contribution in [0.25, 0.3) is 0 Å².